The summed E-state index contributed by atoms with van der Waals surface area (Å²) in [4.78, 5) is 0.217. The smallest absolute Gasteiger partial charge is 0.243 e. The fraction of sp³-hybridized carbons (Fsp3) is 0.545. The molecule has 0 N–H and O–H groups in total. The molecule has 2 aliphatic rings. The van der Waals surface area contributed by atoms with Crippen molar-refractivity contribution in [2.45, 2.75) is 61.9 Å². The lowest BCUT2D eigenvalue weighted by Gasteiger charge is -2.35. The Morgan fingerprint density at radius 2 is 0.938 bits per heavy atom. The molecule has 0 radical (unpaired) electrons. The molecule has 2 aromatic carbocycles. The Labute approximate surface area is 190 Å². The highest BCUT2D eigenvalue weighted by Gasteiger charge is 2.35. The van der Waals surface area contributed by atoms with E-state index in [1.54, 1.807) is 24.3 Å². The average molecular weight is 483 g/mol. The molecule has 4 atom stereocenters. The van der Waals surface area contributed by atoms with Crippen molar-refractivity contribution in [3.63, 3.8) is 0 Å². The predicted octanol–water partition coefficient (Wildman–Crippen LogP) is 2.44. The molecule has 10 heteroatoms. The van der Waals surface area contributed by atoms with E-state index in [0.29, 0.717) is 10.8 Å². The number of hydrogen-bond donors (Lipinski definition) is 0. The monoisotopic (exact) mass is 482 g/mol. The lowest BCUT2D eigenvalue weighted by molar-refractivity contribution is -0.0442. The van der Waals surface area contributed by atoms with Crippen LogP contribution < -0.4 is 0 Å². The molecule has 0 aromatic heterocycles. The Kier molecular flexibility index (Phi) is 6.38. The molecule has 176 valence electrons. The first kappa shape index (κ1) is 23.6. The maximum atomic E-state index is 13.5. The van der Waals surface area contributed by atoms with E-state index in [-0.39, 0.29) is 60.4 Å². The molecular weight excluding hydrogens is 452 g/mol. The molecule has 32 heavy (non-hydrogen) atoms. The molecule has 0 aliphatic carbocycles. The van der Waals surface area contributed by atoms with Crippen LogP contribution in [0.1, 0.15) is 27.7 Å². The number of fused-ring (bicyclic) bond motifs is 1. The standard InChI is InChI=1S/C22H30N2O6S2/c1-15-11-23(12-16(2)29-15)31(25,26)21-9-5-8-20-19(21)7-6-10-22(20)32(27,28)24-13-17(3)30-18(4)14-24/h5-10,15-18H,11-14H2,1-4H3/t15-,16-,17-,18+/m0/s1. The quantitative estimate of drug-likeness (QED) is 0.665. The Bertz CT molecular complexity index is 1100. The van der Waals surface area contributed by atoms with Crippen LogP contribution in [-0.4, -0.2) is 76.0 Å². The minimum atomic E-state index is -3.83. The van der Waals surface area contributed by atoms with Gasteiger partial charge in [-0.05, 0) is 39.8 Å². The van der Waals surface area contributed by atoms with Gasteiger partial charge in [0.2, 0.25) is 20.0 Å². The second-order valence-electron chi connectivity index (χ2n) is 8.77. The van der Waals surface area contributed by atoms with Crippen molar-refractivity contribution < 1.29 is 26.3 Å². The molecule has 0 bridgehead atoms. The molecule has 4 rings (SSSR count). The number of hydrogen-bond acceptors (Lipinski definition) is 6. The SMILES string of the molecule is C[C@@H]1CN(S(=O)(=O)c2cccc3c(S(=O)(=O)N4C[C@H](C)O[C@@H](C)C4)cccc23)C[C@H](C)O1. The molecule has 2 aromatic rings. The molecule has 2 heterocycles. The zero-order valence-electron chi connectivity index (χ0n) is 18.8. The first-order valence-electron chi connectivity index (χ1n) is 10.8. The lowest BCUT2D eigenvalue weighted by Crippen LogP contribution is -2.48. The molecule has 2 fully saturated rings. The summed E-state index contributed by atoms with van der Waals surface area (Å²) in [6.45, 7) is 8.39. The Hall–Kier alpha value is -1.56. The maximum absolute atomic E-state index is 13.5. The van der Waals surface area contributed by atoms with Gasteiger partial charge in [-0.1, -0.05) is 24.3 Å². The number of ether oxygens (including phenoxy) is 2. The lowest BCUT2D eigenvalue weighted by atomic mass is 10.1. The van der Waals surface area contributed by atoms with Gasteiger partial charge in [0.15, 0.2) is 0 Å². The number of morpholine rings is 2. The van der Waals surface area contributed by atoms with Crippen LogP contribution >= 0.6 is 0 Å². The van der Waals surface area contributed by atoms with Gasteiger partial charge in [-0.25, -0.2) is 16.8 Å². The van der Waals surface area contributed by atoms with Crippen molar-refractivity contribution >= 4 is 30.8 Å². The zero-order chi connectivity index (χ0) is 23.3. The van der Waals surface area contributed by atoms with Crippen molar-refractivity contribution in [1.82, 2.24) is 8.61 Å². The predicted molar refractivity (Wildman–Crippen MR) is 121 cm³/mol. The van der Waals surface area contributed by atoms with E-state index >= 15 is 0 Å². The third-order valence-corrected chi connectivity index (χ3v) is 9.63. The van der Waals surface area contributed by atoms with Gasteiger partial charge in [0.05, 0.1) is 34.2 Å². The van der Waals surface area contributed by atoms with Crippen LogP contribution in [0.15, 0.2) is 46.2 Å². The molecule has 8 nitrogen and oxygen atoms in total. The molecule has 0 saturated carbocycles. The van der Waals surface area contributed by atoms with E-state index < -0.39 is 20.0 Å². The fourth-order valence-corrected chi connectivity index (χ4v) is 8.23. The zero-order valence-corrected chi connectivity index (χ0v) is 20.4. The summed E-state index contributed by atoms with van der Waals surface area (Å²) >= 11 is 0. The summed E-state index contributed by atoms with van der Waals surface area (Å²) in [6, 6.07) is 9.62. The van der Waals surface area contributed by atoms with Gasteiger partial charge < -0.3 is 9.47 Å². The largest absolute Gasteiger partial charge is 0.373 e. The third kappa shape index (κ3) is 4.32. The summed E-state index contributed by atoms with van der Waals surface area (Å²) < 4.78 is 68.4. The molecule has 0 unspecified atom stereocenters. The van der Waals surface area contributed by atoms with Crippen molar-refractivity contribution in [3.05, 3.63) is 36.4 Å². The first-order chi connectivity index (χ1) is 15.0. The van der Waals surface area contributed by atoms with E-state index in [2.05, 4.69) is 0 Å². The van der Waals surface area contributed by atoms with E-state index in [1.807, 2.05) is 27.7 Å². The van der Waals surface area contributed by atoms with E-state index in [4.69, 9.17) is 9.47 Å². The van der Waals surface area contributed by atoms with Gasteiger partial charge in [0.25, 0.3) is 0 Å². The van der Waals surface area contributed by atoms with Gasteiger partial charge in [-0.2, -0.15) is 8.61 Å². The summed E-state index contributed by atoms with van der Waals surface area (Å²) in [5, 5.41) is 0.796. The number of rotatable bonds is 4. The number of benzene rings is 2. The van der Waals surface area contributed by atoms with Crippen LogP contribution in [0.3, 0.4) is 0 Å². The minimum absolute atomic E-state index is 0.108. The van der Waals surface area contributed by atoms with Gasteiger partial charge >= 0.3 is 0 Å². The van der Waals surface area contributed by atoms with Crippen molar-refractivity contribution in [2.24, 2.45) is 0 Å². The van der Waals surface area contributed by atoms with Crippen LogP contribution in [0.4, 0.5) is 0 Å². The van der Waals surface area contributed by atoms with Crippen LogP contribution in [0.25, 0.3) is 10.8 Å². The van der Waals surface area contributed by atoms with Gasteiger partial charge in [-0.3, -0.25) is 0 Å². The Balaban J connectivity index is 1.80. The van der Waals surface area contributed by atoms with Crippen LogP contribution in [0.2, 0.25) is 0 Å². The minimum Gasteiger partial charge on any atom is -0.373 e. The van der Waals surface area contributed by atoms with E-state index in [0.717, 1.165) is 0 Å². The van der Waals surface area contributed by atoms with Crippen molar-refractivity contribution in [2.75, 3.05) is 26.2 Å². The third-order valence-electron chi connectivity index (χ3n) is 5.85. The number of nitrogens with zero attached hydrogens (tertiary/aromatic N) is 2. The summed E-state index contributed by atoms with van der Waals surface area (Å²) in [5.41, 5.74) is 0. The second kappa shape index (κ2) is 8.66. The molecule has 0 amide bonds. The van der Waals surface area contributed by atoms with E-state index in [9.17, 15) is 16.8 Å². The molecule has 2 aliphatic heterocycles. The summed E-state index contributed by atoms with van der Waals surface area (Å²) in [6.07, 6.45) is -0.871. The maximum Gasteiger partial charge on any atom is 0.243 e. The topological polar surface area (TPSA) is 93.2 Å². The van der Waals surface area contributed by atoms with Crippen LogP contribution in [0, 0.1) is 0 Å². The van der Waals surface area contributed by atoms with Gasteiger partial charge in [0, 0.05) is 37.0 Å². The Morgan fingerprint density at radius 3 is 1.25 bits per heavy atom. The van der Waals surface area contributed by atoms with Crippen molar-refractivity contribution in [1.29, 1.82) is 0 Å². The molecular formula is C22H30N2O6S2. The highest BCUT2D eigenvalue weighted by Crippen LogP contribution is 2.33. The molecule has 2 saturated heterocycles. The van der Waals surface area contributed by atoms with Gasteiger partial charge in [0.1, 0.15) is 0 Å². The molecule has 0 spiro atoms. The van der Waals surface area contributed by atoms with Crippen LogP contribution in [-0.2, 0) is 29.5 Å². The normalized spacial score (nSPS) is 28.8. The fourth-order valence-electron chi connectivity index (χ4n) is 4.63. The number of sulfonamides is 2. The Morgan fingerprint density at radius 1 is 0.625 bits per heavy atom. The van der Waals surface area contributed by atoms with Crippen LogP contribution in [0.5, 0.6) is 0 Å². The highest BCUT2D eigenvalue weighted by molar-refractivity contribution is 7.89. The second-order valence-corrected chi connectivity index (χ2v) is 12.6. The van der Waals surface area contributed by atoms with E-state index in [1.165, 1.54) is 20.7 Å². The summed E-state index contributed by atoms with van der Waals surface area (Å²) in [7, 11) is -7.67. The van der Waals surface area contributed by atoms with Gasteiger partial charge in [-0.15, -0.1) is 0 Å². The average Bonchev–Trinajstić information content (AvgIpc) is 2.71. The first-order valence-corrected chi connectivity index (χ1v) is 13.7. The highest BCUT2D eigenvalue weighted by atomic mass is 32.2. The summed E-state index contributed by atoms with van der Waals surface area (Å²) in [5.74, 6) is 0. The van der Waals surface area contributed by atoms with Crippen molar-refractivity contribution in [3.8, 4) is 0 Å².